The average Bonchev–Trinajstić information content (AvgIpc) is 3.06. The van der Waals surface area contributed by atoms with E-state index in [0.29, 0.717) is 17.6 Å². The van der Waals surface area contributed by atoms with Gasteiger partial charge in [-0.05, 0) is 18.4 Å². The van der Waals surface area contributed by atoms with E-state index in [9.17, 15) is 14.7 Å². The minimum atomic E-state index is -1.33. The molecule has 0 radical (unpaired) electrons. The molecule has 3 N–H and O–H groups in total. The number of carbonyl (C=O) groups excluding carboxylic acids is 1. The fourth-order valence-electron chi connectivity index (χ4n) is 2.45. The van der Waals surface area contributed by atoms with Crippen LogP contribution < -0.4 is 5.32 Å². The molecule has 0 bridgehead atoms. The summed E-state index contributed by atoms with van der Waals surface area (Å²) in [7, 11) is 0. The van der Waals surface area contributed by atoms with Gasteiger partial charge < -0.3 is 19.9 Å². The number of nitrogens with zero attached hydrogens (tertiary/aromatic N) is 1. The highest BCUT2D eigenvalue weighted by Crippen LogP contribution is 2.23. The minimum absolute atomic E-state index is 0.0166. The molecule has 0 fully saturated rings. The van der Waals surface area contributed by atoms with Gasteiger partial charge in [-0.3, -0.25) is 4.79 Å². The third kappa shape index (κ3) is 5.16. The van der Waals surface area contributed by atoms with Crippen LogP contribution in [0.1, 0.15) is 44.6 Å². The van der Waals surface area contributed by atoms with Gasteiger partial charge in [0.05, 0.1) is 12.3 Å². The van der Waals surface area contributed by atoms with Gasteiger partial charge >= 0.3 is 5.97 Å². The molecule has 0 saturated heterocycles. The molecule has 140 valence electrons. The Bertz CT molecular complexity index is 750. The molecule has 7 nitrogen and oxygen atoms in total. The first-order valence-corrected chi connectivity index (χ1v) is 8.53. The van der Waals surface area contributed by atoms with Crippen molar-refractivity contribution in [3.63, 3.8) is 0 Å². The average molecular weight is 360 g/mol. The summed E-state index contributed by atoms with van der Waals surface area (Å²) >= 11 is 0. The van der Waals surface area contributed by atoms with E-state index in [1.165, 1.54) is 12.5 Å². The van der Waals surface area contributed by atoms with Crippen LogP contribution in [-0.2, 0) is 16.0 Å². The number of aliphatic carboxylic acids is 1. The van der Waals surface area contributed by atoms with Crippen molar-refractivity contribution >= 4 is 11.9 Å². The van der Waals surface area contributed by atoms with Crippen molar-refractivity contribution in [2.75, 3.05) is 0 Å². The number of hydrogen-bond acceptors (Lipinski definition) is 5. The Labute approximate surface area is 152 Å². The number of amides is 1. The second-order valence-corrected chi connectivity index (χ2v) is 6.52. The molecule has 2 atom stereocenters. The summed E-state index contributed by atoms with van der Waals surface area (Å²) in [5, 5.41) is 20.6. The second kappa shape index (κ2) is 8.62. The number of rotatable bonds is 8. The first-order chi connectivity index (χ1) is 12.3. The van der Waals surface area contributed by atoms with Crippen LogP contribution in [0.4, 0.5) is 0 Å². The van der Waals surface area contributed by atoms with Crippen LogP contribution in [0, 0.1) is 0 Å². The summed E-state index contributed by atoms with van der Waals surface area (Å²) in [6, 6.07) is 6.68. The lowest BCUT2D eigenvalue weighted by Gasteiger charge is -2.16. The van der Waals surface area contributed by atoms with E-state index in [0.717, 1.165) is 5.56 Å². The lowest BCUT2D eigenvalue weighted by atomic mass is 10.0. The molecule has 1 heterocycles. The van der Waals surface area contributed by atoms with Gasteiger partial charge in [-0.15, -0.1) is 0 Å². The van der Waals surface area contributed by atoms with Gasteiger partial charge in [0, 0.05) is 18.4 Å². The van der Waals surface area contributed by atoms with Gasteiger partial charge in [0.2, 0.25) is 5.91 Å². The first kappa shape index (κ1) is 19.7. The van der Waals surface area contributed by atoms with Crippen molar-refractivity contribution in [2.45, 2.75) is 51.7 Å². The Hall–Kier alpha value is -2.67. The van der Waals surface area contributed by atoms with E-state index in [1.54, 1.807) is 6.20 Å². The highest BCUT2D eigenvalue weighted by Gasteiger charge is 2.24. The number of aliphatic hydroxyl groups is 1. The molecule has 0 aliphatic rings. The number of aromatic nitrogens is 1. The third-order valence-corrected chi connectivity index (χ3v) is 4.05. The second-order valence-electron chi connectivity index (χ2n) is 6.52. The molecular formula is C19H24N2O5. The lowest BCUT2D eigenvalue weighted by Crippen LogP contribution is -2.47. The van der Waals surface area contributed by atoms with E-state index >= 15 is 0 Å². The zero-order valence-electron chi connectivity index (χ0n) is 15.1. The molecule has 0 aliphatic carbocycles. The van der Waals surface area contributed by atoms with Gasteiger partial charge in [-0.1, -0.05) is 38.1 Å². The number of carbonyl (C=O) groups is 2. The van der Waals surface area contributed by atoms with Crippen LogP contribution in [0.5, 0.6) is 0 Å². The van der Waals surface area contributed by atoms with Crippen LogP contribution in [0.3, 0.4) is 0 Å². The van der Waals surface area contributed by atoms with E-state index in [-0.39, 0.29) is 12.8 Å². The number of carboxylic acids is 1. The number of hydrogen-bond donors (Lipinski definition) is 3. The van der Waals surface area contributed by atoms with E-state index in [2.05, 4.69) is 24.1 Å². The Morgan fingerprint density at radius 1 is 1.19 bits per heavy atom. The molecule has 7 heteroatoms. The Morgan fingerprint density at radius 3 is 2.38 bits per heavy atom. The quantitative estimate of drug-likeness (QED) is 0.666. The molecule has 2 unspecified atom stereocenters. The zero-order valence-corrected chi connectivity index (χ0v) is 15.1. The SMILES string of the molecule is CC(C)c1ccc(-c2cnc(CCC(=O)NC(C(=O)O)C(C)O)o2)cc1. The predicted molar refractivity (Wildman–Crippen MR) is 95.6 cm³/mol. The van der Waals surface area contributed by atoms with Crippen molar-refractivity contribution < 1.29 is 24.2 Å². The third-order valence-electron chi connectivity index (χ3n) is 4.05. The number of aryl methyl sites for hydroxylation is 1. The number of benzene rings is 1. The molecular weight excluding hydrogens is 336 g/mol. The summed E-state index contributed by atoms with van der Waals surface area (Å²) in [5.41, 5.74) is 2.13. The fourth-order valence-corrected chi connectivity index (χ4v) is 2.45. The first-order valence-electron chi connectivity index (χ1n) is 8.53. The predicted octanol–water partition coefficient (Wildman–Crippen LogP) is 2.35. The maximum atomic E-state index is 11.9. The van der Waals surface area contributed by atoms with Gasteiger partial charge in [-0.25, -0.2) is 9.78 Å². The van der Waals surface area contributed by atoms with E-state index in [4.69, 9.17) is 9.52 Å². The molecule has 0 saturated carbocycles. The Kier molecular flexibility index (Phi) is 6.52. The summed E-state index contributed by atoms with van der Waals surface area (Å²) in [6.07, 6.45) is 0.678. The van der Waals surface area contributed by atoms with Gasteiger partial charge in [0.1, 0.15) is 0 Å². The number of oxazole rings is 1. The maximum absolute atomic E-state index is 11.9. The van der Waals surface area contributed by atoms with Crippen molar-refractivity contribution in [3.8, 4) is 11.3 Å². The van der Waals surface area contributed by atoms with Gasteiger partial charge in [-0.2, -0.15) is 0 Å². The summed E-state index contributed by atoms with van der Waals surface area (Å²) in [5.74, 6) is -0.310. The summed E-state index contributed by atoms with van der Waals surface area (Å²) < 4.78 is 5.66. The van der Waals surface area contributed by atoms with Crippen molar-refractivity contribution in [2.24, 2.45) is 0 Å². The fraction of sp³-hybridized carbons (Fsp3) is 0.421. The number of aliphatic hydroxyl groups excluding tert-OH is 1. The largest absolute Gasteiger partial charge is 0.480 e. The standard InChI is InChI=1S/C19H24N2O5/c1-11(2)13-4-6-14(7-5-13)15-10-20-17(26-15)9-8-16(23)21-18(12(3)22)19(24)25/h4-7,10-12,18,22H,8-9H2,1-3H3,(H,21,23)(H,24,25). The number of nitrogens with one attached hydrogen (secondary N) is 1. The summed E-state index contributed by atoms with van der Waals surface area (Å²) in [6.45, 7) is 5.56. The molecule has 1 aromatic heterocycles. The van der Waals surface area contributed by atoms with Crippen LogP contribution in [-0.4, -0.2) is 39.2 Å². The topological polar surface area (TPSA) is 113 Å². The molecule has 2 rings (SSSR count). The van der Waals surface area contributed by atoms with Gasteiger partial charge in [0.25, 0.3) is 0 Å². The smallest absolute Gasteiger partial charge is 0.328 e. The highest BCUT2D eigenvalue weighted by atomic mass is 16.4. The van der Waals surface area contributed by atoms with E-state index < -0.39 is 24.0 Å². The van der Waals surface area contributed by atoms with E-state index in [1.807, 2.05) is 24.3 Å². The molecule has 0 spiro atoms. The Balaban J connectivity index is 1.94. The number of carboxylic acid groups (broad SMARTS) is 1. The van der Waals surface area contributed by atoms with Crippen LogP contribution in [0.25, 0.3) is 11.3 Å². The van der Waals surface area contributed by atoms with Gasteiger partial charge in [0.15, 0.2) is 17.7 Å². The monoisotopic (exact) mass is 360 g/mol. The highest BCUT2D eigenvalue weighted by molar-refractivity contribution is 5.84. The molecule has 1 amide bonds. The Morgan fingerprint density at radius 2 is 1.85 bits per heavy atom. The van der Waals surface area contributed by atoms with Crippen molar-refractivity contribution in [1.29, 1.82) is 0 Å². The molecule has 26 heavy (non-hydrogen) atoms. The van der Waals surface area contributed by atoms with Crippen molar-refractivity contribution in [3.05, 3.63) is 41.9 Å². The molecule has 0 aliphatic heterocycles. The van der Waals surface area contributed by atoms with Crippen LogP contribution >= 0.6 is 0 Å². The summed E-state index contributed by atoms with van der Waals surface area (Å²) in [4.78, 5) is 27.0. The normalized spacial score (nSPS) is 13.4. The molecule has 1 aromatic carbocycles. The van der Waals surface area contributed by atoms with Crippen molar-refractivity contribution in [1.82, 2.24) is 10.3 Å². The molecule has 2 aromatic rings. The maximum Gasteiger partial charge on any atom is 0.328 e. The minimum Gasteiger partial charge on any atom is -0.480 e. The zero-order chi connectivity index (χ0) is 19.3. The van der Waals surface area contributed by atoms with Crippen LogP contribution in [0.15, 0.2) is 34.9 Å². The lowest BCUT2D eigenvalue weighted by molar-refractivity contribution is -0.144. The van der Waals surface area contributed by atoms with Crippen LogP contribution in [0.2, 0.25) is 0 Å².